The molecule has 2 heterocycles. The van der Waals surface area contributed by atoms with Gasteiger partial charge in [0.15, 0.2) is 0 Å². The van der Waals surface area contributed by atoms with Crippen molar-refractivity contribution in [3.63, 3.8) is 0 Å². The average Bonchev–Trinajstić information content (AvgIpc) is 2.57. The van der Waals surface area contributed by atoms with Crippen molar-refractivity contribution in [1.82, 2.24) is 10.2 Å². The number of nitrogens with zero attached hydrogens (tertiary/aromatic N) is 1. The van der Waals surface area contributed by atoms with Gasteiger partial charge in [-0.1, -0.05) is 18.2 Å². The van der Waals surface area contributed by atoms with Crippen molar-refractivity contribution in [1.29, 1.82) is 0 Å². The molecule has 0 saturated carbocycles. The van der Waals surface area contributed by atoms with Gasteiger partial charge in [-0.15, -0.1) is 0 Å². The van der Waals surface area contributed by atoms with Gasteiger partial charge in [-0.25, -0.2) is 0 Å². The summed E-state index contributed by atoms with van der Waals surface area (Å²) in [6.07, 6.45) is 2.67. The molecule has 92 valence electrons. The maximum Gasteiger partial charge on any atom is 0.123 e. The minimum absolute atomic E-state index is 0.352. The zero-order valence-corrected chi connectivity index (χ0v) is 10.2. The zero-order chi connectivity index (χ0) is 11.5. The fourth-order valence-corrected chi connectivity index (χ4v) is 2.73. The quantitative estimate of drug-likeness (QED) is 0.831. The molecule has 2 aliphatic rings. The number of hydrogen-bond donors (Lipinski definition) is 1. The lowest BCUT2D eigenvalue weighted by Crippen LogP contribution is -2.37. The Morgan fingerprint density at radius 3 is 3.12 bits per heavy atom. The molecule has 1 aromatic rings. The first-order chi connectivity index (χ1) is 8.42. The molecule has 1 saturated heterocycles. The molecule has 1 atom stereocenters. The second kappa shape index (κ2) is 5.07. The van der Waals surface area contributed by atoms with Crippen molar-refractivity contribution < 1.29 is 4.74 Å². The molecule has 3 heteroatoms. The van der Waals surface area contributed by atoms with Crippen molar-refractivity contribution >= 4 is 0 Å². The lowest BCUT2D eigenvalue weighted by Gasteiger charge is -2.22. The summed E-state index contributed by atoms with van der Waals surface area (Å²) in [5.74, 6) is 1.09. The number of hydrogen-bond acceptors (Lipinski definition) is 3. The smallest absolute Gasteiger partial charge is 0.123 e. The van der Waals surface area contributed by atoms with E-state index in [-0.39, 0.29) is 0 Å². The fraction of sp³-hybridized carbons (Fsp3) is 0.571. The molecule has 1 unspecified atom stereocenters. The lowest BCUT2D eigenvalue weighted by atomic mass is 10.1. The Hall–Kier alpha value is -1.06. The van der Waals surface area contributed by atoms with Crippen molar-refractivity contribution in [3.05, 3.63) is 29.8 Å². The molecule has 0 spiro atoms. The van der Waals surface area contributed by atoms with Gasteiger partial charge in [-0.2, -0.15) is 0 Å². The molecule has 1 fully saturated rings. The van der Waals surface area contributed by atoms with E-state index in [1.165, 1.54) is 18.5 Å². The van der Waals surface area contributed by atoms with Gasteiger partial charge in [0.25, 0.3) is 0 Å². The van der Waals surface area contributed by atoms with Crippen LogP contribution in [0.5, 0.6) is 5.75 Å². The van der Waals surface area contributed by atoms with Crippen LogP contribution in [0.4, 0.5) is 0 Å². The van der Waals surface area contributed by atoms with Crippen LogP contribution in [0.15, 0.2) is 24.3 Å². The average molecular weight is 232 g/mol. The van der Waals surface area contributed by atoms with Crippen molar-refractivity contribution in [3.8, 4) is 5.75 Å². The minimum atomic E-state index is 0.352. The van der Waals surface area contributed by atoms with E-state index in [2.05, 4.69) is 34.5 Å². The number of rotatable bonds is 2. The molecule has 0 aliphatic carbocycles. The summed E-state index contributed by atoms with van der Waals surface area (Å²) in [5.41, 5.74) is 1.37. The van der Waals surface area contributed by atoms with Gasteiger partial charge in [0.05, 0.1) is 0 Å². The molecule has 2 aliphatic heterocycles. The van der Waals surface area contributed by atoms with Gasteiger partial charge in [0.1, 0.15) is 11.9 Å². The SMILES string of the molecule is c1ccc2c(c1)CC(CN1CCCNCC1)O2. The Morgan fingerprint density at radius 2 is 2.18 bits per heavy atom. The molecule has 0 radical (unpaired) electrons. The van der Waals surface area contributed by atoms with E-state index in [0.717, 1.165) is 38.3 Å². The molecule has 1 aromatic carbocycles. The van der Waals surface area contributed by atoms with Gasteiger partial charge in [-0.3, -0.25) is 4.90 Å². The van der Waals surface area contributed by atoms with Crippen LogP contribution in [-0.4, -0.2) is 43.7 Å². The topological polar surface area (TPSA) is 24.5 Å². The summed E-state index contributed by atoms with van der Waals surface area (Å²) in [4.78, 5) is 2.52. The summed E-state index contributed by atoms with van der Waals surface area (Å²) in [5, 5.41) is 3.44. The first kappa shape index (κ1) is 11.1. The van der Waals surface area contributed by atoms with E-state index in [9.17, 15) is 0 Å². The normalized spacial score (nSPS) is 25.1. The number of fused-ring (bicyclic) bond motifs is 1. The number of ether oxygens (including phenoxy) is 1. The summed E-state index contributed by atoms with van der Waals surface area (Å²) < 4.78 is 5.99. The van der Waals surface area contributed by atoms with Crippen LogP contribution in [0.1, 0.15) is 12.0 Å². The molecular formula is C14H20N2O. The summed E-state index contributed by atoms with van der Waals surface area (Å²) in [6, 6.07) is 8.41. The Balaban J connectivity index is 1.57. The van der Waals surface area contributed by atoms with E-state index >= 15 is 0 Å². The molecule has 0 aromatic heterocycles. The molecule has 0 bridgehead atoms. The highest BCUT2D eigenvalue weighted by Gasteiger charge is 2.24. The Kier molecular flexibility index (Phi) is 3.29. The van der Waals surface area contributed by atoms with Crippen LogP contribution in [0.2, 0.25) is 0 Å². The summed E-state index contributed by atoms with van der Waals surface area (Å²) in [7, 11) is 0. The Morgan fingerprint density at radius 1 is 1.24 bits per heavy atom. The standard InChI is InChI=1S/C14H20N2O/c1-2-5-14-12(4-1)10-13(17-14)11-16-8-3-6-15-7-9-16/h1-2,4-5,13,15H,3,6-11H2. The van der Waals surface area contributed by atoms with E-state index < -0.39 is 0 Å². The van der Waals surface area contributed by atoms with E-state index in [1.807, 2.05) is 0 Å². The number of para-hydroxylation sites is 1. The van der Waals surface area contributed by atoms with Crippen LogP contribution < -0.4 is 10.1 Å². The molecule has 3 nitrogen and oxygen atoms in total. The summed E-state index contributed by atoms with van der Waals surface area (Å²) >= 11 is 0. The Bertz CT molecular complexity index is 347. The monoisotopic (exact) mass is 232 g/mol. The molecule has 0 amide bonds. The van der Waals surface area contributed by atoms with E-state index in [0.29, 0.717) is 6.10 Å². The third-order valence-corrected chi connectivity index (χ3v) is 3.61. The third kappa shape index (κ3) is 2.61. The second-order valence-electron chi connectivity index (χ2n) is 4.96. The van der Waals surface area contributed by atoms with Crippen molar-refractivity contribution in [2.24, 2.45) is 0 Å². The highest BCUT2D eigenvalue weighted by molar-refractivity contribution is 5.37. The fourth-order valence-electron chi connectivity index (χ4n) is 2.73. The van der Waals surface area contributed by atoms with E-state index in [4.69, 9.17) is 4.74 Å². The van der Waals surface area contributed by atoms with Gasteiger partial charge in [0, 0.05) is 26.1 Å². The third-order valence-electron chi connectivity index (χ3n) is 3.61. The van der Waals surface area contributed by atoms with Crippen LogP contribution in [0.3, 0.4) is 0 Å². The number of nitrogens with one attached hydrogen (secondary N) is 1. The van der Waals surface area contributed by atoms with Crippen LogP contribution >= 0.6 is 0 Å². The predicted octanol–water partition coefficient (Wildman–Crippen LogP) is 1.29. The second-order valence-corrected chi connectivity index (χ2v) is 4.96. The predicted molar refractivity (Wildman–Crippen MR) is 68.5 cm³/mol. The zero-order valence-electron chi connectivity index (χ0n) is 10.2. The minimum Gasteiger partial charge on any atom is -0.488 e. The Labute approximate surface area is 103 Å². The van der Waals surface area contributed by atoms with Gasteiger partial charge in [0.2, 0.25) is 0 Å². The van der Waals surface area contributed by atoms with Crippen molar-refractivity contribution in [2.45, 2.75) is 18.9 Å². The molecule has 17 heavy (non-hydrogen) atoms. The molecule has 3 rings (SSSR count). The summed E-state index contributed by atoms with van der Waals surface area (Å²) in [6.45, 7) is 5.68. The van der Waals surface area contributed by atoms with Gasteiger partial charge < -0.3 is 10.1 Å². The van der Waals surface area contributed by atoms with Crippen LogP contribution in [0.25, 0.3) is 0 Å². The first-order valence-corrected chi connectivity index (χ1v) is 6.59. The highest BCUT2D eigenvalue weighted by atomic mass is 16.5. The van der Waals surface area contributed by atoms with Gasteiger partial charge in [-0.05, 0) is 31.1 Å². The first-order valence-electron chi connectivity index (χ1n) is 6.59. The van der Waals surface area contributed by atoms with Crippen LogP contribution in [-0.2, 0) is 6.42 Å². The molecular weight excluding hydrogens is 212 g/mol. The molecule has 1 N–H and O–H groups in total. The van der Waals surface area contributed by atoms with Crippen LogP contribution in [0, 0.1) is 0 Å². The maximum atomic E-state index is 5.99. The van der Waals surface area contributed by atoms with Gasteiger partial charge >= 0.3 is 0 Å². The maximum absolute atomic E-state index is 5.99. The van der Waals surface area contributed by atoms with E-state index in [1.54, 1.807) is 0 Å². The largest absolute Gasteiger partial charge is 0.488 e. The van der Waals surface area contributed by atoms with Crippen molar-refractivity contribution in [2.75, 3.05) is 32.7 Å². The number of benzene rings is 1. The highest BCUT2D eigenvalue weighted by Crippen LogP contribution is 2.28. The lowest BCUT2D eigenvalue weighted by molar-refractivity contribution is 0.155.